The summed E-state index contributed by atoms with van der Waals surface area (Å²) in [6.45, 7) is 0. The average Bonchev–Trinajstić information content (AvgIpc) is 3.93. The molecular weight excluding hydrogens is 701 g/mol. The van der Waals surface area contributed by atoms with Crippen LogP contribution in [0, 0.1) is 0 Å². The minimum Gasteiger partial charge on any atom is -0.309 e. The van der Waals surface area contributed by atoms with Crippen LogP contribution in [-0.2, 0) is 0 Å². The van der Waals surface area contributed by atoms with Crippen molar-refractivity contribution in [3.63, 3.8) is 0 Å². The second kappa shape index (κ2) is 11.9. The van der Waals surface area contributed by atoms with Crippen LogP contribution in [0.3, 0.4) is 0 Å². The molecule has 0 bridgehead atoms. The van der Waals surface area contributed by atoms with Gasteiger partial charge in [0.25, 0.3) is 0 Å². The van der Waals surface area contributed by atoms with E-state index in [2.05, 4.69) is 215 Å². The number of aromatic nitrogens is 2. The lowest BCUT2D eigenvalue weighted by molar-refractivity contribution is 1.18. The van der Waals surface area contributed by atoms with E-state index >= 15 is 0 Å². The number of hydrogen-bond acceptors (Lipinski definition) is 0. The van der Waals surface area contributed by atoms with Crippen LogP contribution in [0.4, 0.5) is 0 Å². The molecule has 0 amide bonds. The Hall–Kier alpha value is -7.68. The standard InChI is InChI=1S/C56H34N2/c1-2-13-35(14-3-1)36-25-29-39(30-26-36)57-50-23-10-8-17-42(50)48-33-37(27-31-52(48)57)38-28-32-53-49(34-38)43-18-9-11-24-51(43)58(53)56-47-20-7-5-16-41(47)45-22-12-21-44-40-15-4-6-19-46(40)55(56)54(44)45/h1-34H. The van der Waals surface area contributed by atoms with Crippen LogP contribution in [0.2, 0.25) is 0 Å². The van der Waals surface area contributed by atoms with Crippen molar-refractivity contribution >= 4 is 65.2 Å². The smallest absolute Gasteiger partial charge is 0.0625 e. The van der Waals surface area contributed by atoms with Gasteiger partial charge in [-0.2, -0.15) is 0 Å². The molecule has 0 saturated carbocycles. The van der Waals surface area contributed by atoms with Gasteiger partial charge in [-0.05, 0) is 98.2 Å². The topological polar surface area (TPSA) is 9.86 Å². The van der Waals surface area contributed by atoms with Crippen molar-refractivity contribution in [3.05, 3.63) is 206 Å². The van der Waals surface area contributed by atoms with Crippen LogP contribution in [-0.4, -0.2) is 9.13 Å². The molecule has 268 valence electrons. The highest BCUT2D eigenvalue weighted by molar-refractivity contribution is 6.28. The number of hydrogen-bond donors (Lipinski definition) is 0. The summed E-state index contributed by atoms with van der Waals surface area (Å²) in [5.41, 5.74) is 17.4. The highest BCUT2D eigenvalue weighted by Gasteiger charge is 2.28. The van der Waals surface area contributed by atoms with E-state index in [1.807, 2.05) is 0 Å². The van der Waals surface area contributed by atoms with Crippen LogP contribution in [0.5, 0.6) is 0 Å². The molecule has 0 spiro atoms. The largest absolute Gasteiger partial charge is 0.309 e. The lowest BCUT2D eigenvalue weighted by Gasteiger charge is -2.18. The van der Waals surface area contributed by atoms with Crippen molar-refractivity contribution in [1.29, 1.82) is 0 Å². The summed E-state index contributed by atoms with van der Waals surface area (Å²) in [5.74, 6) is 0. The molecular formula is C56H34N2. The maximum absolute atomic E-state index is 2.55. The highest BCUT2D eigenvalue weighted by Crippen LogP contribution is 2.54. The predicted octanol–water partition coefficient (Wildman–Crippen LogP) is 15.2. The Kier molecular flexibility index (Phi) is 6.47. The van der Waals surface area contributed by atoms with Crippen molar-refractivity contribution in [3.8, 4) is 55.9 Å². The summed E-state index contributed by atoms with van der Waals surface area (Å²) in [5, 5.41) is 10.2. The van der Waals surface area contributed by atoms with E-state index in [-0.39, 0.29) is 0 Å². The van der Waals surface area contributed by atoms with Crippen LogP contribution in [0.15, 0.2) is 206 Å². The van der Waals surface area contributed by atoms with Crippen LogP contribution < -0.4 is 0 Å². The van der Waals surface area contributed by atoms with Gasteiger partial charge in [-0.25, -0.2) is 0 Å². The Morgan fingerprint density at radius 2 is 0.741 bits per heavy atom. The minimum absolute atomic E-state index is 1.16. The van der Waals surface area contributed by atoms with Gasteiger partial charge in [-0.1, -0.05) is 158 Å². The molecule has 13 rings (SSSR count). The maximum Gasteiger partial charge on any atom is 0.0625 e. The first-order valence-electron chi connectivity index (χ1n) is 20.1. The molecule has 0 unspecified atom stereocenters. The summed E-state index contributed by atoms with van der Waals surface area (Å²) in [4.78, 5) is 0. The Morgan fingerprint density at radius 3 is 1.45 bits per heavy atom. The van der Waals surface area contributed by atoms with Crippen molar-refractivity contribution in [1.82, 2.24) is 9.13 Å². The maximum atomic E-state index is 2.55. The molecule has 2 nitrogen and oxygen atoms in total. The third kappa shape index (κ3) is 4.32. The van der Waals surface area contributed by atoms with Crippen LogP contribution in [0.1, 0.15) is 0 Å². The fraction of sp³-hybridized carbons (Fsp3) is 0. The SMILES string of the molecule is c1ccc(-c2ccc(-n3c4ccccc4c4cc(-c5ccc6c(c5)c5ccccc5n6-c5c6c7c(cccc7c7ccccc57)-c5ccccc5-6)ccc43)cc2)cc1. The lowest BCUT2D eigenvalue weighted by Crippen LogP contribution is -1.99. The number of rotatable bonds is 4. The fourth-order valence-corrected chi connectivity index (χ4v) is 10.1. The third-order valence-electron chi connectivity index (χ3n) is 12.6. The molecule has 58 heavy (non-hydrogen) atoms. The molecule has 2 heteroatoms. The Bertz CT molecular complexity index is 3660. The first kappa shape index (κ1) is 31.5. The molecule has 1 aliphatic rings. The van der Waals surface area contributed by atoms with E-state index in [0.717, 1.165) is 5.69 Å². The van der Waals surface area contributed by atoms with Crippen molar-refractivity contribution in [2.75, 3.05) is 0 Å². The van der Waals surface area contributed by atoms with Gasteiger partial charge in [0.2, 0.25) is 0 Å². The average molecular weight is 735 g/mol. The molecule has 0 aliphatic heterocycles. The first-order valence-corrected chi connectivity index (χ1v) is 20.1. The Labute approximate surface area is 335 Å². The molecule has 0 radical (unpaired) electrons. The Balaban J connectivity index is 1.02. The molecule has 2 heterocycles. The highest BCUT2D eigenvalue weighted by atomic mass is 15.0. The molecule has 0 N–H and O–H groups in total. The predicted molar refractivity (Wildman–Crippen MR) is 245 cm³/mol. The molecule has 2 aromatic heterocycles. The van der Waals surface area contributed by atoms with Gasteiger partial charge >= 0.3 is 0 Å². The zero-order valence-electron chi connectivity index (χ0n) is 31.5. The number of nitrogens with zero attached hydrogens (tertiary/aromatic N) is 2. The zero-order chi connectivity index (χ0) is 37.9. The van der Waals surface area contributed by atoms with E-state index < -0.39 is 0 Å². The van der Waals surface area contributed by atoms with E-state index in [4.69, 9.17) is 0 Å². The molecule has 0 saturated heterocycles. The zero-order valence-corrected chi connectivity index (χ0v) is 31.5. The summed E-state index contributed by atoms with van der Waals surface area (Å²) in [7, 11) is 0. The van der Waals surface area contributed by atoms with Gasteiger partial charge in [-0.15, -0.1) is 0 Å². The van der Waals surface area contributed by atoms with Crippen molar-refractivity contribution in [2.24, 2.45) is 0 Å². The normalized spacial score (nSPS) is 12.1. The lowest BCUT2D eigenvalue weighted by atomic mass is 9.94. The van der Waals surface area contributed by atoms with Gasteiger partial charge in [0.1, 0.15) is 0 Å². The minimum atomic E-state index is 1.16. The quantitative estimate of drug-likeness (QED) is 0.159. The second-order valence-electron chi connectivity index (χ2n) is 15.6. The Morgan fingerprint density at radius 1 is 0.259 bits per heavy atom. The third-order valence-corrected chi connectivity index (χ3v) is 12.6. The van der Waals surface area contributed by atoms with Crippen LogP contribution in [0.25, 0.3) is 121 Å². The van der Waals surface area contributed by atoms with E-state index in [1.54, 1.807) is 0 Å². The first-order chi connectivity index (χ1) is 28.8. The fourth-order valence-electron chi connectivity index (χ4n) is 10.1. The molecule has 10 aromatic carbocycles. The molecule has 12 aromatic rings. The monoisotopic (exact) mass is 734 g/mol. The number of benzene rings is 10. The summed E-state index contributed by atoms with van der Waals surface area (Å²) in [6.07, 6.45) is 0. The van der Waals surface area contributed by atoms with Crippen LogP contribution >= 0.6 is 0 Å². The summed E-state index contributed by atoms with van der Waals surface area (Å²) in [6, 6.07) is 76.1. The van der Waals surface area contributed by atoms with E-state index in [0.29, 0.717) is 0 Å². The molecule has 1 aliphatic carbocycles. The van der Waals surface area contributed by atoms with Gasteiger partial charge in [0, 0.05) is 43.6 Å². The van der Waals surface area contributed by atoms with Crippen molar-refractivity contribution in [2.45, 2.75) is 0 Å². The summed E-state index contributed by atoms with van der Waals surface area (Å²) >= 11 is 0. The van der Waals surface area contributed by atoms with Gasteiger partial charge < -0.3 is 9.13 Å². The number of fused-ring (bicyclic) bond motifs is 11. The van der Waals surface area contributed by atoms with Gasteiger partial charge in [0.05, 0.1) is 27.8 Å². The van der Waals surface area contributed by atoms with Gasteiger partial charge in [-0.3, -0.25) is 0 Å². The van der Waals surface area contributed by atoms with E-state index in [9.17, 15) is 0 Å². The summed E-state index contributed by atoms with van der Waals surface area (Å²) < 4.78 is 4.95. The molecule has 0 fully saturated rings. The van der Waals surface area contributed by atoms with Gasteiger partial charge in [0.15, 0.2) is 0 Å². The van der Waals surface area contributed by atoms with Crippen molar-refractivity contribution < 1.29 is 0 Å². The van der Waals surface area contributed by atoms with E-state index in [1.165, 1.54) is 115 Å². The molecule has 0 atom stereocenters. The number of para-hydroxylation sites is 2. The second-order valence-corrected chi connectivity index (χ2v) is 15.6.